The van der Waals surface area contributed by atoms with Crippen LogP contribution in [0.1, 0.15) is 38.3 Å². The Balaban J connectivity index is 1.71. The standard InChI is InChI=1S/C24H31N3O5S/c1-5-22(28)27-13-12-18-14-20(10-11-21(18)27)33(30,31)26-23(16(2)3)24(29)25-15-17-6-8-19(32-4)9-7-17/h6-11,14,16,23,26H,5,12-13,15H2,1-4H3,(H,25,29)/t23-/m1/s1. The first-order valence-electron chi connectivity index (χ1n) is 11.0. The quantitative estimate of drug-likeness (QED) is 0.583. The van der Waals surface area contributed by atoms with E-state index in [9.17, 15) is 18.0 Å². The lowest BCUT2D eigenvalue weighted by molar-refractivity contribution is -0.123. The Hall–Kier alpha value is -2.91. The van der Waals surface area contributed by atoms with Gasteiger partial charge in [0, 0.05) is 25.2 Å². The Bertz CT molecular complexity index is 1110. The van der Waals surface area contributed by atoms with Gasteiger partial charge in [0.2, 0.25) is 21.8 Å². The molecule has 0 aliphatic carbocycles. The van der Waals surface area contributed by atoms with E-state index in [1.54, 1.807) is 57.0 Å². The number of carbonyl (C=O) groups excluding carboxylic acids is 2. The van der Waals surface area contributed by atoms with Gasteiger partial charge >= 0.3 is 0 Å². The second kappa shape index (κ2) is 10.4. The van der Waals surface area contributed by atoms with Crippen molar-refractivity contribution in [3.8, 4) is 5.75 Å². The molecule has 0 unspecified atom stereocenters. The fourth-order valence-electron chi connectivity index (χ4n) is 3.77. The minimum atomic E-state index is -3.94. The Morgan fingerprint density at radius 1 is 1.12 bits per heavy atom. The van der Waals surface area contributed by atoms with Gasteiger partial charge in [-0.15, -0.1) is 0 Å². The summed E-state index contributed by atoms with van der Waals surface area (Å²) in [5.41, 5.74) is 2.43. The van der Waals surface area contributed by atoms with Crippen LogP contribution in [0.5, 0.6) is 5.75 Å². The average molecular weight is 474 g/mol. The second-order valence-corrected chi connectivity index (χ2v) is 10.1. The number of nitrogens with one attached hydrogen (secondary N) is 2. The number of amides is 2. The first kappa shape index (κ1) is 24.7. The van der Waals surface area contributed by atoms with Crippen LogP contribution in [-0.4, -0.2) is 39.9 Å². The van der Waals surface area contributed by atoms with Crippen LogP contribution in [0, 0.1) is 5.92 Å². The highest BCUT2D eigenvalue weighted by atomic mass is 32.2. The second-order valence-electron chi connectivity index (χ2n) is 8.35. The zero-order valence-electron chi connectivity index (χ0n) is 19.4. The summed E-state index contributed by atoms with van der Waals surface area (Å²) < 4.78 is 33.9. The first-order valence-corrected chi connectivity index (χ1v) is 12.5. The summed E-state index contributed by atoms with van der Waals surface area (Å²) in [4.78, 5) is 26.7. The van der Waals surface area contributed by atoms with Crippen LogP contribution in [0.3, 0.4) is 0 Å². The molecule has 0 radical (unpaired) electrons. The van der Waals surface area contributed by atoms with E-state index in [1.165, 1.54) is 6.07 Å². The van der Waals surface area contributed by atoms with Gasteiger partial charge in [-0.3, -0.25) is 9.59 Å². The zero-order chi connectivity index (χ0) is 24.2. The van der Waals surface area contributed by atoms with Crippen molar-refractivity contribution >= 4 is 27.5 Å². The van der Waals surface area contributed by atoms with Gasteiger partial charge in [-0.25, -0.2) is 8.42 Å². The van der Waals surface area contributed by atoms with Crippen LogP contribution in [-0.2, 0) is 32.6 Å². The smallest absolute Gasteiger partial charge is 0.241 e. The average Bonchev–Trinajstić information content (AvgIpc) is 3.24. The molecule has 0 aromatic heterocycles. The van der Waals surface area contributed by atoms with E-state index in [0.717, 1.165) is 22.6 Å². The van der Waals surface area contributed by atoms with Gasteiger partial charge < -0.3 is 15.0 Å². The van der Waals surface area contributed by atoms with Crippen molar-refractivity contribution in [3.63, 3.8) is 0 Å². The van der Waals surface area contributed by atoms with Crippen LogP contribution in [0.2, 0.25) is 0 Å². The van der Waals surface area contributed by atoms with Gasteiger partial charge in [0.1, 0.15) is 11.8 Å². The number of ether oxygens (including phenoxy) is 1. The molecule has 9 heteroatoms. The molecule has 1 atom stereocenters. The lowest BCUT2D eigenvalue weighted by atomic mass is 10.0. The Morgan fingerprint density at radius 3 is 2.42 bits per heavy atom. The molecule has 0 saturated carbocycles. The molecule has 1 aliphatic heterocycles. The molecule has 0 saturated heterocycles. The first-order chi connectivity index (χ1) is 15.7. The molecule has 2 aromatic carbocycles. The molecular weight excluding hydrogens is 442 g/mol. The molecule has 1 heterocycles. The molecule has 2 N–H and O–H groups in total. The maximum Gasteiger partial charge on any atom is 0.241 e. The van der Waals surface area contributed by atoms with Gasteiger partial charge in [-0.05, 0) is 53.8 Å². The molecule has 0 spiro atoms. The third kappa shape index (κ3) is 5.72. The number of carbonyl (C=O) groups is 2. The maximum absolute atomic E-state index is 13.1. The topological polar surface area (TPSA) is 105 Å². The number of rotatable bonds is 9. The molecule has 0 fully saturated rings. The molecule has 1 aliphatic rings. The predicted molar refractivity (Wildman–Crippen MR) is 127 cm³/mol. The lowest BCUT2D eigenvalue weighted by Gasteiger charge is -2.22. The number of benzene rings is 2. The highest BCUT2D eigenvalue weighted by molar-refractivity contribution is 7.89. The molecule has 3 rings (SSSR count). The van der Waals surface area contributed by atoms with E-state index in [4.69, 9.17) is 4.74 Å². The highest BCUT2D eigenvalue weighted by Gasteiger charge is 2.30. The number of hydrogen-bond acceptors (Lipinski definition) is 5. The maximum atomic E-state index is 13.1. The Labute approximate surface area is 195 Å². The Morgan fingerprint density at radius 2 is 1.82 bits per heavy atom. The van der Waals surface area contributed by atoms with Crippen molar-refractivity contribution in [1.82, 2.24) is 10.0 Å². The van der Waals surface area contributed by atoms with Crippen molar-refractivity contribution < 1.29 is 22.7 Å². The van der Waals surface area contributed by atoms with Gasteiger partial charge in [-0.2, -0.15) is 4.72 Å². The minimum Gasteiger partial charge on any atom is -0.497 e. The van der Waals surface area contributed by atoms with E-state index in [-0.39, 0.29) is 23.3 Å². The summed E-state index contributed by atoms with van der Waals surface area (Å²) in [7, 11) is -2.36. The molecule has 33 heavy (non-hydrogen) atoms. The number of hydrogen-bond donors (Lipinski definition) is 2. The summed E-state index contributed by atoms with van der Waals surface area (Å²) in [6.07, 6.45) is 0.989. The zero-order valence-corrected chi connectivity index (χ0v) is 20.2. The predicted octanol–water partition coefficient (Wildman–Crippen LogP) is 2.61. The summed E-state index contributed by atoms with van der Waals surface area (Å²) in [5, 5.41) is 2.81. The van der Waals surface area contributed by atoms with Crippen molar-refractivity contribution in [2.45, 2.75) is 51.1 Å². The van der Waals surface area contributed by atoms with Crippen molar-refractivity contribution in [1.29, 1.82) is 0 Å². The van der Waals surface area contributed by atoms with Gasteiger partial charge in [0.05, 0.1) is 12.0 Å². The van der Waals surface area contributed by atoms with Gasteiger partial charge in [-0.1, -0.05) is 32.9 Å². The molecule has 8 nitrogen and oxygen atoms in total. The number of fused-ring (bicyclic) bond motifs is 1. The number of nitrogens with zero attached hydrogens (tertiary/aromatic N) is 1. The number of anilines is 1. The largest absolute Gasteiger partial charge is 0.497 e. The van der Waals surface area contributed by atoms with E-state index < -0.39 is 22.0 Å². The Kier molecular flexibility index (Phi) is 7.76. The van der Waals surface area contributed by atoms with Gasteiger partial charge in [0.15, 0.2) is 0 Å². The van der Waals surface area contributed by atoms with E-state index in [2.05, 4.69) is 10.0 Å². The molecule has 178 valence electrons. The summed E-state index contributed by atoms with van der Waals surface area (Å²) >= 11 is 0. The van der Waals surface area contributed by atoms with Crippen molar-refractivity contribution in [2.75, 3.05) is 18.6 Å². The fourth-order valence-corrected chi connectivity index (χ4v) is 5.16. The van der Waals surface area contributed by atoms with Crippen LogP contribution in [0.15, 0.2) is 47.4 Å². The summed E-state index contributed by atoms with van der Waals surface area (Å²) in [5.74, 6) is 0.0679. The van der Waals surface area contributed by atoms with E-state index in [0.29, 0.717) is 19.4 Å². The number of methoxy groups -OCH3 is 1. The van der Waals surface area contributed by atoms with Crippen LogP contribution in [0.25, 0.3) is 0 Å². The highest BCUT2D eigenvalue weighted by Crippen LogP contribution is 2.30. The van der Waals surface area contributed by atoms with Crippen molar-refractivity contribution in [3.05, 3.63) is 53.6 Å². The molecule has 2 amide bonds. The third-order valence-electron chi connectivity index (χ3n) is 5.72. The van der Waals surface area contributed by atoms with Gasteiger partial charge in [0.25, 0.3) is 0 Å². The normalized spacial score (nSPS) is 14.2. The fraction of sp³-hybridized carbons (Fsp3) is 0.417. The molecular formula is C24H31N3O5S. The van der Waals surface area contributed by atoms with Crippen LogP contribution >= 0.6 is 0 Å². The minimum absolute atomic E-state index is 0.0101. The summed E-state index contributed by atoms with van der Waals surface area (Å²) in [6.45, 7) is 6.19. The molecule has 0 bridgehead atoms. The van der Waals surface area contributed by atoms with Crippen LogP contribution < -0.4 is 19.7 Å². The molecule has 2 aromatic rings. The number of sulfonamides is 1. The lowest BCUT2D eigenvalue weighted by Crippen LogP contribution is -2.49. The SMILES string of the molecule is CCC(=O)N1CCc2cc(S(=O)(=O)N[C@@H](C(=O)NCc3ccc(OC)cc3)C(C)C)ccc21. The van der Waals surface area contributed by atoms with Crippen LogP contribution in [0.4, 0.5) is 5.69 Å². The van der Waals surface area contributed by atoms with E-state index in [1.807, 2.05) is 12.1 Å². The van der Waals surface area contributed by atoms with Crippen molar-refractivity contribution in [2.24, 2.45) is 5.92 Å². The summed E-state index contributed by atoms with van der Waals surface area (Å²) in [6, 6.07) is 11.1. The monoisotopic (exact) mass is 473 g/mol. The third-order valence-corrected chi connectivity index (χ3v) is 7.16. The van der Waals surface area contributed by atoms with E-state index >= 15 is 0 Å².